The van der Waals surface area contributed by atoms with Crippen LogP contribution in [0.15, 0.2) is 18.2 Å². The smallest absolute Gasteiger partial charge is 0.151 e. The molecule has 0 N–H and O–H groups in total. The predicted molar refractivity (Wildman–Crippen MR) is 62.0 cm³/mol. The number of rotatable bonds is 2. The molecule has 15 heavy (non-hydrogen) atoms. The molecule has 0 unspecified atom stereocenters. The van der Waals surface area contributed by atoms with Crippen LogP contribution in [0, 0.1) is 5.82 Å². The van der Waals surface area contributed by atoms with Gasteiger partial charge in [-0.3, -0.25) is 0 Å². The van der Waals surface area contributed by atoms with E-state index >= 15 is 0 Å². The molecular weight excluding hydrogens is 213 g/mol. The predicted octanol–water partition coefficient (Wildman–Crippen LogP) is 3.08. The van der Waals surface area contributed by atoms with Crippen LogP contribution < -0.4 is 9.04 Å². The molecule has 1 fully saturated rings. The lowest BCUT2D eigenvalue weighted by atomic mass is 10.2. The van der Waals surface area contributed by atoms with Crippen LogP contribution in [0.1, 0.15) is 12.8 Å². The first kappa shape index (κ1) is 10.6. The highest BCUT2D eigenvalue weighted by Crippen LogP contribution is 2.37. The van der Waals surface area contributed by atoms with Crippen molar-refractivity contribution >= 4 is 17.6 Å². The van der Waals surface area contributed by atoms with Gasteiger partial charge in [-0.15, -0.1) is 0 Å². The van der Waals surface area contributed by atoms with Gasteiger partial charge in [-0.05, 0) is 36.9 Å². The zero-order valence-electron chi connectivity index (χ0n) is 8.70. The van der Waals surface area contributed by atoms with Gasteiger partial charge in [0.05, 0.1) is 7.11 Å². The van der Waals surface area contributed by atoms with Gasteiger partial charge in [-0.1, -0.05) is 6.07 Å². The standard InChI is InChI=1S/C11H14FNOS/c1-14-10-6-4-5-9(12)11(10)13-7-2-3-8-15-13/h4-6H,2-3,7-8H2,1H3. The van der Waals surface area contributed by atoms with Gasteiger partial charge in [0.25, 0.3) is 0 Å². The molecule has 2 rings (SSSR count). The molecule has 0 atom stereocenters. The SMILES string of the molecule is COc1cccc(F)c1N1CCCCS1. The van der Waals surface area contributed by atoms with E-state index in [0.717, 1.165) is 18.7 Å². The fourth-order valence-corrected chi connectivity index (χ4v) is 2.79. The summed E-state index contributed by atoms with van der Waals surface area (Å²) in [6.07, 6.45) is 2.32. The molecule has 0 bridgehead atoms. The molecule has 2 nitrogen and oxygen atoms in total. The van der Waals surface area contributed by atoms with Crippen LogP contribution >= 0.6 is 11.9 Å². The highest BCUT2D eigenvalue weighted by molar-refractivity contribution is 8.00. The molecular formula is C11H14FNOS. The molecule has 0 spiro atoms. The molecule has 1 aromatic carbocycles. The first-order valence-electron chi connectivity index (χ1n) is 5.06. The number of nitrogens with zero attached hydrogens (tertiary/aromatic N) is 1. The third-order valence-corrected chi connectivity index (χ3v) is 3.57. The van der Waals surface area contributed by atoms with E-state index in [1.165, 1.54) is 12.5 Å². The lowest BCUT2D eigenvalue weighted by molar-refractivity contribution is 0.412. The van der Waals surface area contributed by atoms with E-state index < -0.39 is 0 Å². The molecule has 0 amide bonds. The molecule has 0 radical (unpaired) electrons. The van der Waals surface area contributed by atoms with E-state index in [-0.39, 0.29) is 5.82 Å². The van der Waals surface area contributed by atoms with Gasteiger partial charge in [-0.2, -0.15) is 0 Å². The summed E-state index contributed by atoms with van der Waals surface area (Å²) in [6.45, 7) is 0.891. The zero-order chi connectivity index (χ0) is 10.7. The number of hydrogen-bond donors (Lipinski definition) is 0. The van der Waals surface area contributed by atoms with Gasteiger partial charge in [0, 0.05) is 12.3 Å². The molecule has 0 aromatic heterocycles. The Morgan fingerprint density at radius 3 is 2.93 bits per heavy atom. The Bertz CT molecular complexity index is 339. The summed E-state index contributed by atoms with van der Waals surface area (Å²) < 4.78 is 20.9. The molecule has 1 aromatic rings. The Balaban J connectivity index is 2.31. The first-order chi connectivity index (χ1) is 7.33. The number of benzene rings is 1. The topological polar surface area (TPSA) is 12.5 Å². The van der Waals surface area contributed by atoms with Crippen LogP contribution in [0.4, 0.5) is 10.1 Å². The van der Waals surface area contributed by atoms with Crippen LogP contribution in [0.3, 0.4) is 0 Å². The van der Waals surface area contributed by atoms with Crippen molar-refractivity contribution in [1.29, 1.82) is 0 Å². The van der Waals surface area contributed by atoms with Gasteiger partial charge in [-0.25, -0.2) is 4.39 Å². The second kappa shape index (κ2) is 4.75. The van der Waals surface area contributed by atoms with E-state index in [0.29, 0.717) is 11.4 Å². The van der Waals surface area contributed by atoms with E-state index in [1.807, 2.05) is 4.31 Å². The maximum atomic E-state index is 13.7. The average molecular weight is 227 g/mol. The molecule has 82 valence electrons. The van der Waals surface area contributed by atoms with Gasteiger partial charge in [0.1, 0.15) is 11.4 Å². The number of ether oxygens (including phenoxy) is 1. The molecule has 4 heteroatoms. The van der Waals surface area contributed by atoms with Crippen molar-refractivity contribution in [3.05, 3.63) is 24.0 Å². The quantitative estimate of drug-likeness (QED) is 0.720. The van der Waals surface area contributed by atoms with Crippen molar-refractivity contribution < 1.29 is 9.13 Å². The lowest BCUT2D eigenvalue weighted by Crippen LogP contribution is -2.22. The third-order valence-electron chi connectivity index (χ3n) is 2.42. The summed E-state index contributed by atoms with van der Waals surface area (Å²) in [5.41, 5.74) is 0.588. The van der Waals surface area contributed by atoms with Crippen molar-refractivity contribution in [2.75, 3.05) is 23.7 Å². The van der Waals surface area contributed by atoms with Crippen molar-refractivity contribution in [3.8, 4) is 5.75 Å². The fourth-order valence-electron chi connectivity index (χ4n) is 1.68. The summed E-state index contributed by atoms with van der Waals surface area (Å²) in [5, 5.41) is 0. The van der Waals surface area contributed by atoms with Crippen molar-refractivity contribution in [3.63, 3.8) is 0 Å². The van der Waals surface area contributed by atoms with Crippen molar-refractivity contribution in [2.45, 2.75) is 12.8 Å². The summed E-state index contributed by atoms with van der Waals surface area (Å²) in [6, 6.07) is 4.95. The third kappa shape index (κ3) is 2.20. The minimum atomic E-state index is -0.205. The molecule has 0 aliphatic carbocycles. The van der Waals surface area contributed by atoms with Gasteiger partial charge in [0.15, 0.2) is 5.82 Å². The van der Waals surface area contributed by atoms with E-state index in [9.17, 15) is 4.39 Å². The first-order valence-corrected chi connectivity index (χ1v) is 6.00. The summed E-state index contributed by atoms with van der Waals surface area (Å²) in [4.78, 5) is 0. The largest absolute Gasteiger partial charge is 0.494 e. The second-order valence-corrected chi connectivity index (χ2v) is 4.54. The molecule has 1 saturated heterocycles. The van der Waals surface area contributed by atoms with E-state index in [4.69, 9.17) is 4.74 Å². The number of methoxy groups -OCH3 is 1. The number of halogens is 1. The Morgan fingerprint density at radius 2 is 2.27 bits per heavy atom. The zero-order valence-corrected chi connectivity index (χ0v) is 9.52. The maximum Gasteiger partial charge on any atom is 0.151 e. The molecule has 1 heterocycles. The van der Waals surface area contributed by atoms with E-state index in [1.54, 1.807) is 31.2 Å². The summed E-state index contributed by atoms with van der Waals surface area (Å²) in [5.74, 6) is 1.46. The van der Waals surface area contributed by atoms with E-state index in [2.05, 4.69) is 0 Å². The minimum Gasteiger partial charge on any atom is -0.494 e. The summed E-state index contributed by atoms with van der Waals surface area (Å²) in [7, 11) is 1.58. The molecule has 0 saturated carbocycles. The summed E-state index contributed by atoms with van der Waals surface area (Å²) >= 11 is 1.67. The molecule has 1 aliphatic heterocycles. The Morgan fingerprint density at radius 1 is 1.40 bits per heavy atom. The average Bonchev–Trinajstić information content (AvgIpc) is 2.29. The Hall–Kier alpha value is -0.900. The van der Waals surface area contributed by atoms with Crippen molar-refractivity contribution in [2.24, 2.45) is 0 Å². The Kier molecular flexibility index (Phi) is 3.36. The number of hydrogen-bond acceptors (Lipinski definition) is 3. The van der Waals surface area contributed by atoms with Crippen molar-refractivity contribution in [1.82, 2.24) is 0 Å². The monoisotopic (exact) mass is 227 g/mol. The highest BCUT2D eigenvalue weighted by atomic mass is 32.2. The van der Waals surface area contributed by atoms with Crippen LogP contribution in [-0.2, 0) is 0 Å². The highest BCUT2D eigenvalue weighted by Gasteiger charge is 2.19. The van der Waals surface area contributed by atoms with Crippen LogP contribution in [0.5, 0.6) is 5.75 Å². The fraction of sp³-hybridized carbons (Fsp3) is 0.455. The van der Waals surface area contributed by atoms with Crippen LogP contribution in [0.25, 0.3) is 0 Å². The lowest BCUT2D eigenvalue weighted by Gasteiger charge is -2.28. The normalized spacial score (nSPS) is 16.5. The van der Waals surface area contributed by atoms with Crippen LogP contribution in [-0.4, -0.2) is 19.4 Å². The Labute approximate surface area is 93.5 Å². The molecule has 1 aliphatic rings. The second-order valence-electron chi connectivity index (χ2n) is 3.43. The number of anilines is 1. The maximum absolute atomic E-state index is 13.7. The van der Waals surface area contributed by atoms with Crippen LogP contribution in [0.2, 0.25) is 0 Å². The van der Waals surface area contributed by atoms with Gasteiger partial charge in [0.2, 0.25) is 0 Å². The number of para-hydroxylation sites is 1. The minimum absolute atomic E-state index is 0.205. The van der Waals surface area contributed by atoms with Gasteiger partial charge < -0.3 is 9.04 Å². The van der Waals surface area contributed by atoms with Gasteiger partial charge >= 0.3 is 0 Å².